The molecule has 1 unspecified atom stereocenters. The molecular weight excluding hydrogens is 388 g/mol. The van der Waals surface area contributed by atoms with Crippen molar-refractivity contribution < 1.29 is 9.53 Å². The zero-order chi connectivity index (χ0) is 20.4. The van der Waals surface area contributed by atoms with Gasteiger partial charge in [0, 0.05) is 10.6 Å². The molecule has 1 aliphatic rings. The summed E-state index contributed by atoms with van der Waals surface area (Å²) in [5.41, 5.74) is 5.16. The van der Waals surface area contributed by atoms with Crippen molar-refractivity contribution in [2.24, 2.45) is 5.92 Å². The van der Waals surface area contributed by atoms with Crippen molar-refractivity contribution in [3.63, 3.8) is 0 Å². The van der Waals surface area contributed by atoms with E-state index in [0.29, 0.717) is 22.5 Å². The van der Waals surface area contributed by atoms with E-state index >= 15 is 0 Å². The zero-order valence-electron chi connectivity index (χ0n) is 17.1. The fourth-order valence-electron chi connectivity index (χ4n) is 3.75. The number of rotatable bonds is 4. The molecule has 0 saturated heterocycles. The average molecular weight is 417 g/mol. The number of carbonyl (C=O) groups excluding carboxylic acids is 1. The van der Waals surface area contributed by atoms with Crippen LogP contribution >= 0.6 is 23.6 Å². The van der Waals surface area contributed by atoms with Gasteiger partial charge in [0.1, 0.15) is 5.00 Å². The maximum Gasteiger partial charge on any atom is 0.341 e. The van der Waals surface area contributed by atoms with Crippen molar-refractivity contribution in [1.82, 2.24) is 0 Å². The van der Waals surface area contributed by atoms with E-state index in [4.69, 9.17) is 17.0 Å². The summed E-state index contributed by atoms with van der Waals surface area (Å²) < 4.78 is 5.06. The Balaban J connectivity index is 1.88. The molecule has 0 bridgehead atoms. The van der Waals surface area contributed by atoms with Crippen LogP contribution in [0, 0.1) is 12.8 Å². The lowest BCUT2D eigenvalue weighted by atomic mass is 9.88. The highest BCUT2D eigenvalue weighted by molar-refractivity contribution is 7.80. The molecule has 0 spiro atoms. The van der Waals surface area contributed by atoms with Crippen molar-refractivity contribution in [2.45, 2.75) is 52.9 Å². The number of methoxy groups -OCH3 is 1. The Labute approximate surface area is 176 Å². The molecule has 0 aliphatic heterocycles. The van der Waals surface area contributed by atoms with Crippen LogP contribution in [-0.2, 0) is 17.6 Å². The van der Waals surface area contributed by atoms with Gasteiger partial charge in [0.25, 0.3) is 0 Å². The first-order valence-corrected chi connectivity index (χ1v) is 10.9. The summed E-state index contributed by atoms with van der Waals surface area (Å²) in [4.78, 5) is 13.7. The quantitative estimate of drug-likeness (QED) is 0.480. The van der Waals surface area contributed by atoms with E-state index in [9.17, 15) is 4.79 Å². The third kappa shape index (κ3) is 4.23. The number of nitrogens with one attached hydrogen (secondary N) is 2. The topological polar surface area (TPSA) is 50.4 Å². The SMILES string of the molecule is COC(=O)c1c(NC(=S)Nc2c(C)cccc2C(C)C)sc2c1CCC(C)C2. The highest BCUT2D eigenvalue weighted by Crippen LogP contribution is 2.40. The van der Waals surface area contributed by atoms with Crippen LogP contribution in [0.2, 0.25) is 0 Å². The molecule has 2 aromatic rings. The number of thiophene rings is 1. The molecule has 0 amide bonds. The third-order valence-corrected chi connectivity index (χ3v) is 6.67. The normalized spacial score (nSPS) is 15.9. The molecule has 1 aliphatic carbocycles. The summed E-state index contributed by atoms with van der Waals surface area (Å²) in [5, 5.41) is 7.91. The number of carbonyl (C=O) groups is 1. The maximum atomic E-state index is 12.5. The van der Waals surface area contributed by atoms with Gasteiger partial charge in [-0.2, -0.15) is 0 Å². The van der Waals surface area contributed by atoms with Gasteiger partial charge in [0.15, 0.2) is 5.11 Å². The van der Waals surface area contributed by atoms with E-state index in [1.54, 1.807) is 11.3 Å². The van der Waals surface area contributed by atoms with Crippen molar-refractivity contribution in [3.05, 3.63) is 45.3 Å². The first-order chi connectivity index (χ1) is 13.3. The smallest absolute Gasteiger partial charge is 0.341 e. The predicted molar refractivity (Wildman–Crippen MR) is 122 cm³/mol. The number of fused-ring (bicyclic) bond motifs is 1. The van der Waals surface area contributed by atoms with Crippen LogP contribution in [0.5, 0.6) is 0 Å². The lowest BCUT2D eigenvalue weighted by molar-refractivity contribution is 0.0601. The number of thiocarbonyl (C=S) groups is 1. The van der Waals surface area contributed by atoms with Crippen molar-refractivity contribution in [2.75, 3.05) is 17.7 Å². The van der Waals surface area contributed by atoms with E-state index in [-0.39, 0.29) is 5.97 Å². The number of para-hydroxylation sites is 1. The Kier molecular flexibility index (Phi) is 6.40. The second kappa shape index (κ2) is 8.62. The van der Waals surface area contributed by atoms with Gasteiger partial charge in [-0.15, -0.1) is 11.3 Å². The van der Waals surface area contributed by atoms with Crippen molar-refractivity contribution >= 4 is 45.3 Å². The number of anilines is 2. The summed E-state index contributed by atoms with van der Waals surface area (Å²) >= 11 is 7.23. The minimum Gasteiger partial charge on any atom is -0.465 e. The Morgan fingerprint density at radius 3 is 2.75 bits per heavy atom. The van der Waals surface area contributed by atoms with Gasteiger partial charge in [-0.05, 0) is 66.9 Å². The van der Waals surface area contributed by atoms with Crippen LogP contribution in [0.15, 0.2) is 18.2 Å². The van der Waals surface area contributed by atoms with E-state index in [2.05, 4.69) is 56.5 Å². The van der Waals surface area contributed by atoms with Gasteiger partial charge in [0.05, 0.1) is 12.7 Å². The van der Waals surface area contributed by atoms with Crippen LogP contribution in [0.3, 0.4) is 0 Å². The number of hydrogen-bond acceptors (Lipinski definition) is 4. The molecule has 1 heterocycles. The molecule has 1 aromatic heterocycles. The van der Waals surface area contributed by atoms with E-state index in [1.807, 2.05) is 0 Å². The number of benzene rings is 1. The highest BCUT2D eigenvalue weighted by Gasteiger charge is 2.28. The first kappa shape index (κ1) is 20.8. The monoisotopic (exact) mass is 416 g/mol. The summed E-state index contributed by atoms with van der Waals surface area (Å²) in [6.45, 7) is 8.66. The largest absolute Gasteiger partial charge is 0.465 e. The molecule has 0 fully saturated rings. The van der Waals surface area contributed by atoms with Crippen LogP contribution < -0.4 is 10.6 Å². The average Bonchev–Trinajstić information content (AvgIpc) is 2.99. The minimum absolute atomic E-state index is 0.295. The van der Waals surface area contributed by atoms with Crippen LogP contribution in [-0.4, -0.2) is 18.2 Å². The van der Waals surface area contributed by atoms with E-state index < -0.39 is 0 Å². The summed E-state index contributed by atoms with van der Waals surface area (Å²) in [7, 11) is 1.43. The van der Waals surface area contributed by atoms with Gasteiger partial charge in [-0.25, -0.2) is 4.79 Å². The van der Waals surface area contributed by atoms with Gasteiger partial charge in [-0.3, -0.25) is 0 Å². The first-order valence-electron chi connectivity index (χ1n) is 9.72. The molecule has 0 saturated carbocycles. The molecule has 1 atom stereocenters. The van der Waals surface area contributed by atoms with E-state index in [0.717, 1.165) is 41.1 Å². The maximum absolute atomic E-state index is 12.5. The molecule has 1 aromatic carbocycles. The van der Waals surface area contributed by atoms with Crippen molar-refractivity contribution in [3.8, 4) is 0 Å². The summed E-state index contributed by atoms with van der Waals surface area (Å²) in [6.07, 6.45) is 3.01. The predicted octanol–water partition coefficient (Wildman–Crippen LogP) is 5.90. The molecular formula is C22H28N2O2S2. The Morgan fingerprint density at radius 2 is 2.07 bits per heavy atom. The van der Waals surface area contributed by atoms with Crippen LogP contribution in [0.1, 0.15) is 65.0 Å². The fourth-order valence-corrected chi connectivity index (χ4v) is 5.42. The highest BCUT2D eigenvalue weighted by atomic mass is 32.1. The number of hydrogen-bond donors (Lipinski definition) is 2. The molecule has 0 radical (unpaired) electrons. The lowest BCUT2D eigenvalue weighted by Gasteiger charge is -2.19. The fraction of sp³-hybridized carbons (Fsp3) is 0.455. The molecule has 4 nitrogen and oxygen atoms in total. The van der Waals surface area contributed by atoms with Crippen molar-refractivity contribution in [1.29, 1.82) is 0 Å². The lowest BCUT2D eigenvalue weighted by Crippen LogP contribution is -2.22. The zero-order valence-corrected chi connectivity index (χ0v) is 18.8. The van der Waals surface area contributed by atoms with Gasteiger partial charge in [-0.1, -0.05) is 39.0 Å². The molecule has 6 heteroatoms. The minimum atomic E-state index is -0.295. The number of esters is 1. The summed E-state index contributed by atoms with van der Waals surface area (Å²) in [5.74, 6) is 0.720. The molecule has 28 heavy (non-hydrogen) atoms. The second-order valence-electron chi connectivity index (χ2n) is 7.82. The van der Waals surface area contributed by atoms with Gasteiger partial charge < -0.3 is 15.4 Å². The Hall–Kier alpha value is -1.92. The Bertz CT molecular complexity index is 902. The molecule has 3 rings (SSSR count). The summed E-state index contributed by atoms with van der Waals surface area (Å²) in [6, 6.07) is 6.26. The number of aryl methyl sites for hydroxylation is 1. The van der Waals surface area contributed by atoms with Gasteiger partial charge >= 0.3 is 5.97 Å². The molecule has 2 N–H and O–H groups in total. The second-order valence-corrected chi connectivity index (χ2v) is 9.33. The van der Waals surface area contributed by atoms with Crippen LogP contribution in [0.4, 0.5) is 10.7 Å². The Morgan fingerprint density at radius 1 is 1.32 bits per heavy atom. The molecule has 150 valence electrons. The van der Waals surface area contributed by atoms with Crippen LogP contribution in [0.25, 0.3) is 0 Å². The van der Waals surface area contributed by atoms with E-state index in [1.165, 1.54) is 17.6 Å². The van der Waals surface area contributed by atoms with Gasteiger partial charge in [0.2, 0.25) is 0 Å². The third-order valence-electron chi connectivity index (χ3n) is 5.29. The number of ether oxygens (including phenoxy) is 1. The standard InChI is InChI=1S/C22H28N2O2S2/c1-12(2)15-8-6-7-14(4)19(15)23-22(27)24-20-18(21(25)26-5)16-10-9-13(3)11-17(16)28-20/h6-8,12-13H,9-11H2,1-5H3,(H2,23,24,27).